The highest BCUT2D eigenvalue weighted by molar-refractivity contribution is 6.16. The summed E-state index contributed by atoms with van der Waals surface area (Å²) in [5.74, 6) is -1.12. The van der Waals surface area contributed by atoms with Gasteiger partial charge in [0.05, 0.1) is 0 Å². The molecule has 2 amide bonds. The normalized spacial score (nSPS) is 25.1. The molecule has 3 rings (SSSR count). The van der Waals surface area contributed by atoms with E-state index in [9.17, 15) is 14.7 Å². The zero-order valence-electron chi connectivity index (χ0n) is 13.2. The van der Waals surface area contributed by atoms with Crippen molar-refractivity contribution in [2.45, 2.75) is 24.9 Å². The van der Waals surface area contributed by atoms with E-state index in [2.05, 4.69) is 10.2 Å². The van der Waals surface area contributed by atoms with Crippen molar-refractivity contribution in [3.05, 3.63) is 30.3 Å². The number of hydrogen-bond acceptors (Lipinski definition) is 4. The molecule has 124 valence electrons. The van der Waals surface area contributed by atoms with Crippen molar-refractivity contribution < 1.29 is 14.7 Å². The van der Waals surface area contributed by atoms with E-state index in [-0.39, 0.29) is 6.42 Å². The first-order valence-electron chi connectivity index (χ1n) is 8.21. The number of anilines is 1. The van der Waals surface area contributed by atoms with E-state index in [4.69, 9.17) is 0 Å². The molecule has 0 bridgehead atoms. The zero-order chi connectivity index (χ0) is 16.3. The minimum atomic E-state index is -1.94. The molecule has 1 aromatic carbocycles. The molecule has 2 heterocycles. The molecule has 23 heavy (non-hydrogen) atoms. The summed E-state index contributed by atoms with van der Waals surface area (Å²) in [7, 11) is 0. The smallest absolute Gasteiger partial charge is 0.268 e. The standard InChI is InChI=1S/C17H23N3O3/c21-15(18-9-13-19-10-4-5-11-19)17(23)8-12-20(16(17)22)14-6-2-1-3-7-14/h1-3,6-7,23H,4-5,8-13H2,(H,18,21). The lowest BCUT2D eigenvalue weighted by molar-refractivity contribution is -0.149. The van der Waals surface area contributed by atoms with Crippen molar-refractivity contribution in [1.29, 1.82) is 0 Å². The lowest BCUT2D eigenvalue weighted by Crippen LogP contribution is -2.53. The summed E-state index contributed by atoms with van der Waals surface area (Å²) in [5.41, 5.74) is -1.24. The lowest BCUT2D eigenvalue weighted by atomic mass is 10.0. The van der Waals surface area contributed by atoms with Crippen molar-refractivity contribution in [2.24, 2.45) is 0 Å². The number of aliphatic hydroxyl groups is 1. The van der Waals surface area contributed by atoms with Gasteiger partial charge >= 0.3 is 0 Å². The van der Waals surface area contributed by atoms with Gasteiger partial charge in [-0.25, -0.2) is 0 Å². The van der Waals surface area contributed by atoms with Crippen LogP contribution < -0.4 is 10.2 Å². The van der Waals surface area contributed by atoms with E-state index < -0.39 is 17.4 Å². The Hall–Kier alpha value is -1.92. The fourth-order valence-electron chi connectivity index (χ4n) is 3.25. The lowest BCUT2D eigenvalue weighted by Gasteiger charge is -2.22. The molecule has 0 radical (unpaired) electrons. The molecule has 2 aliphatic heterocycles. The van der Waals surface area contributed by atoms with E-state index >= 15 is 0 Å². The fourth-order valence-corrected chi connectivity index (χ4v) is 3.25. The van der Waals surface area contributed by atoms with Crippen LogP contribution in [0.5, 0.6) is 0 Å². The largest absolute Gasteiger partial charge is 0.372 e. The minimum Gasteiger partial charge on any atom is -0.372 e. The predicted octanol–water partition coefficient (Wildman–Crippen LogP) is 0.366. The Kier molecular flexibility index (Phi) is 4.63. The average molecular weight is 317 g/mol. The molecule has 6 nitrogen and oxygen atoms in total. The van der Waals surface area contributed by atoms with Crippen molar-refractivity contribution in [3.8, 4) is 0 Å². The maximum Gasteiger partial charge on any atom is 0.268 e. The fraction of sp³-hybridized carbons (Fsp3) is 0.529. The van der Waals surface area contributed by atoms with Gasteiger partial charge < -0.3 is 20.2 Å². The molecule has 0 saturated carbocycles. The second kappa shape index (κ2) is 6.68. The van der Waals surface area contributed by atoms with Crippen molar-refractivity contribution in [3.63, 3.8) is 0 Å². The van der Waals surface area contributed by atoms with Crippen molar-refractivity contribution in [2.75, 3.05) is 37.6 Å². The van der Waals surface area contributed by atoms with Gasteiger partial charge in [-0.05, 0) is 38.1 Å². The van der Waals surface area contributed by atoms with Crippen LogP contribution in [0.2, 0.25) is 0 Å². The number of likely N-dealkylation sites (tertiary alicyclic amines) is 1. The molecular formula is C17H23N3O3. The molecule has 0 aromatic heterocycles. The highest BCUT2D eigenvalue weighted by Gasteiger charge is 2.51. The molecular weight excluding hydrogens is 294 g/mol. The van der Waals surface area contributed by atoms with Crippen molar-refractivity contribution in [1.82, 2.24) is 10.2 Å². The topological polar surface area (TPSA) is 72.9 Å². The summed E-state index contributed by atoms with van der Waals surface area (Å²) in [6.07, 6.45) is 2.51. The molecule has 2 N–H and O–H groups in total. The molecule has 2 fully saturated rings. The Morgan fingerprint density at radius 2 is 1.87 bits per heavy atom. The van der Waals surface area contributed by atoms with Gasteiger partial charge in [0, 0.05) is 31.7 Å². The van der Waals surface area contributed by atoms with Crippen LogP contribution in [0.25, 0.3) is 0 Å². The number of carbonyl (C=O) groups excluding carboxylic acids is 2. The summed E-state index contributed by atoms with van der Waals surface area (Å²) in [6, 6.07) is 9.12. The van der Waals surface area contributed by atoms with Gasteiger partial charge in [-0.1, -0.05) is 18.2 Å². The van der Waals surface area contributed by atoms with Gasteiger partial charge in [0.2, 0.25) is 5.60 Å². The second-order valence-corrected chi connectivity index (χ2v) is 6.21. The Bertz CT molecular complexity index is 572. The quantitative estimate of drug-likeness (QED) is 0.770. The third-order valence-corrected chi connectivity index (χ3v) is 4.65. The molecule has 6 heteroatoms. The number of hydrogen-bond donors (Lipinski definition) is 2. The monoisotopic (exact) mass is 317 g/mol. The zero-order valence-corrected chi connectivity index (χ0v) is 13.2. The van der Waals surface area contributed by atoms with Gasteiger partial charge in [-0.3, -0.25) is 9.59 Å². The van der Waals surface area contributed by atoms with E-state index in [0.717, 1.165) is 19.6 Å². The Morgan fingerprint density at radius 3 is 2.57 bits per heavy atom. The van der Waals surface area contributed by atoms with Crippen LogP contribution in [0, 0.1) is 0 Å². The maximum absolute atomic E-state index is 12.5. The molecule has 2 aliphatic rings. The first-order valence-corrected chi connectivity index (χ1v) is 8.21. The summed E-state index contributed by atoms with van der Waals surface area (Å²) in [5, 5.41) is 13.3. The minimum absolute atomic E-state index is 0.121. The number of benzene rings is 1. The third kappa shape index (κ3) is 3.23. The van der Waals surface area contributed by atoms with Gasteiger partial charge in [0.15, 0.2) is 0 Å². The van der Waals surface area contributed by atoms with E-state index in [0.29, 0.717) is 18.8 Å². The first kappa shape index (κ1) is 16.0. The van der Waals surface area contributed by atoms with E-state index in [1.165, 1.54) is 17.7 Å². The van der Waals surface area contributed by atoms with Gasteiger partial charge in [0.25, 0.3) is 11.8 Å². The molecule has 0 spiro atoms. The molecule has 0 aliphatic carbocycles. The molecule has 1 unspecified atom stereocenters. The number of nitrogens with zero attached hydrogens (tertiary/aromatic N) is 2. The second-order valence-electron chi connectivity index (χ2n) is 6.21. The average Bonchev–Trinajstić information content (AvgIpc) is 3.18. The summed E-state index contributed by atoms with van der Waals surface area (Å²) in [4.78, 5) is 28.5. The number of para-hydroxylation sites is 1. The van der Waals surface area contributed by atoms with Crippen LogP contribution in [0.15, 0.2) is 30.3 Å². The van der Waals surface area contributed by atoms with E-state index in [1.807, 2.05) is 18.2 Å². The number of carbonyl (C=O) groups is 2. The Morgan fingerprint density at radius 1 is 1.17 bits per heavy atom. The van der Waals surface area contributed by atoms with Gasteiger partial charge in [-0.2, -0.15) is 0 Å². The van der Waals surface area contributed by atoms with Crippen LogP contribution in [0.4, 0.5) is 5.69 Å². The molecule has 2 saturated heterocycles. The molecule has 1 aromatic rings. The van der Waals surface area contributed by atoms with Crippen LogP contribution in [-0.2, 0) is 9.59 Å². The highest BCUT2D eigenvalue weighted by Crippen LogP contribution is 2.28. The number of rotatable bonds is 5. The van der Waals surface area contributed by atoms with Crippen LogP contribution >= 0.6 is 0 Å². The summed E-state index contributed by atoms with van der Waals surface area (Å²) < 4.78 is 0. The summed E-state index contributed by atoms with van der Waals surface area (Å²) in [6.45, 7) is 3.68. The highest BCUT2D eigenvalue weighted by atomic mass is 16.3. The number of amides is 2. The van der Waals surface area contributed by atoms with Crippen LogP contribution in [0.1, 0.15) is 19.3 Å². The van der Waals surface area contributed by atoms with Gasteiger partial charge in [0.1, 0.15) is 0 Å². The molecule has 1 atom stereocenters. The first-order chi connectivity index (χ1) is 11.1. The Balaban J connectivity index is 1.58. The van der Waals surface area contributed by atoms with Crippen molar-refractivity contribution >= 4 is 17.5 Å². The summed E-state index contributed by atoms with van der Waals surface area (Å²) >= 11 is 0. The van der Waals surface area contributed by atoms with Crippen LogP contribution in [-0.4, -0.2) is 60.1 Å². The van der Waals surface area contributed by atoms with E-state index in [1.54, 1.807) is 12.1 Å². The SMILES string of the molecule is O=C(NCCN1CCCC1)C1(O)CCN(c2ccccc2)C1=O. The van der Waals surface area contributed by atoms with Crippen LogP contribution in [0.3, 0.4) is 0 Å². The predicted molar refractivity (Wildman–Crippen MR) is 87.0 cm³/mol. The third-order valence-electron chi connectivity index (χ3n) is 4.65. The Labute approximate surface area is 136 Å². The maximum atomic E-state index is 12.5. The van der Waals surface area contributed by atoms with Gasteiger partial charge in [-0.15, -0.1) is 0 Å². The number of nitrogens with one attached hydrogen (secondary N) is 1.